The summed E-state index contributed by atoms with van der Waals surface area (Å²) in [5, 5.41) is 5.65. The highest BCUT2D eigenvalue weighted by atomic mass is 32.2. The third-order valence-corrected chi connectivity index (χ3v) is 5.84. The molecule has 2 rings (SSSR count). The minimum absolute atomic E-state index is 0.119. The van der Waals surface area contributed by atoms with E-state index in [0.717, 1.165) is 12.8 Å². The number of hydrogen-bond acceptors (Lipinski definition) is 6. The highest BCUT2D eigenvalue weighted by Gasteiger charge is 2.30. The number of methoxy groups -OCH3 is 2. The lowest BCUT2D eigenvalue weighted by atomic mass is 10.3. The summed E-state index contributed by atoms with van der Waals surface area (Å²) >= 11 is 0. The van der Waals surface area contributed by atoms with E-state index >= 15 is 0 Å². The molecule has 25 heavy (non-hydrogen) atoms. The Labute approximate surface area is 148 Å². The van der Waals surface area contributed by atoms with Crippen LogP contribution in [0.25, 0.3) is 0 Å². The van der Waals surface area contributed by atoms with Crippen LogP contribution in [0.15, 0.2) is 23.1 Å². The van der Waals surface area contributed by atoms with Gasteiger partial charge >= 0.3 is 0 Å². The van der Waals surface area contributed by atoms with Crippen LogP contribution < -0.4 is 15.4 Å². The molecule has 0 saturated carbocycles. The lowest BCUT2D eigenvalue weighted by molar-refractivity contribution is -0.115. The van der Waals surface area contributed by atoms with Crippen LogP contribution in [0.5, 0.6) is 5.75 Å². The summed E-state index contributed by atoms with van der Waals surface area (Å²) in [5.41, 5.74) is 0.482. The number of ether oxygens (including phenoxy) is 2. The summed E-state index contributed by atoms with van der Waals surface area (Å²) in [7, 11) is -0.576. The second kappa shape index (κ2) is 9.14. The fourth-order valence-corrected chi connectivity index (χ4v) is 4.26. The van der Waals surface area contributed by atoms with E-state index in [1.54, 1.807) is 13.2 Å². The summed E-state index contributed by atoms with van der Waals surface area (Å²) < 4.78 is 37.0. The predicted molar refractivity (Wildman–Crippen MR) is 94.4 cm³/mol. The topological polar surface area (TPSA) is 97.0 Å². The fraction of sp³-hybridized carbons (Fsp3) is 0.562. The Morgan fingerprint density at radius 2 is 1.96 bits per heavy atom. The molecule has 1 heterocycles. The smallest absolute Gasteiger partial charge is 0.246 e. The SMILES string of the molecule is COCCNCC(=O)Nc1ccc(S(=O)(=O)N2CCCC2)c(OC)c1. The average molecular weight is 371 g/mol. The molecule has 140 valence electrons. The van der Waals surface area contributed by atoms with Crippen molar-refractivity contribution >= 4 is 21.6 Å². The van der Waals surface area contributed by atoms with E-state index in [0.29, 0.717) is 31.9 Å². The first kappa shape index (κ1) is 19.6. The molecule has 0 unspecified atom stereocenters. The first-order valence-corrected chi connectivity index (χ1v) is 9.60. The van der Waals surface area contributed by atoms with Crippen LogP contribution in [-0.4, -0.2) is 65.6 Å². The average Bonchev–Trinajstić information content (AvgIpc) is 3.14. The van der Waals surface area contributed by atoms with Crippen molar-refractivity contribution < 1.29 is 22.7 Å². The summed E-state index contributed by atoms with van der Waals surface area (Å²) in [4.78, 5) is 12.0. The van der Waals surface area contributed by atoms with E-state index in [2.05, 4.69) is 10.6 Å². The molecule has 1 aliphatic heterocycles. The quantitative estimate of drug-likeness (QED) is 0.619. The van der Waals surface area contributed by atoms with Crippen molar-refractivity contribution in [3.63, 3.8) is 0 Å². The van der Waals surface area contributed by atoms with E-state index < -0.39 is 10.0 Å². The summed E-state index contributed by atoms with van der Waals surface area (Å²) in [6.07, 6.45) is 1.73. The molecule has 0 atom stereocenters. The zero-order valence-corrected chi connectivity index (χ0v) is 15.4. The van der Waals surface area contributed by atoms with Crippen LogP contribution in [0.1, 0.15) is 12.8 Å². The highest BCUT2D eigenvalue weighted by molar-refractivity contribution is 7.89. The molecular formula is C16H25N3O5S. The van der Waals surface area contributed by atoms with Gasteiger partial charge in [-0.05, 0) is 25.0 Å². The Balaban J connectivity index is 2.07. The number of hydrogen-bond donors (Lipinski definition) is 2. The molecule has 9 heteroatoms. The number of nitrogens with zero attached hydrogens (tertiary/aromatic N) is 1. The number of rotatable bonds is 9. The molecule has 8 nitrogen and oxygen atoms in total. The van der Waals surface area contributed by atoms with Crippen LogP contribution in [-0.2, 0) is 19.6 Å². The molecule has 0 aromatic heterocycles. The number of benzene rings is 1. The summed E-state index contributed by atoms with van der Waals surface area (Å²) in [6.45, 7) is 2.28. The lowest BCUT2D eigenvalue weighted by Crippen LogP contribution is -2.30. The van der Waals surface area contributed by atoms with Gasteiger partial charge in [-0.1, -0.05) is 0 Å². The Morgan fingerprint density at radius 3 is 2.60 bits per heavy atom. The number of amides is 1. The molecule has 1 saturated heterocycles. The highest BCUT2D eigenvalue weighted by Crippen LogP contribution is 2.31. The number of carbonyl (C=O) groups excluding carboxylic acids is 1. The molecule has 1 aliphatic rings. The van der Waals surface area contributed by atoms with E-state index in [9.17, 15) is 13.2 Å². The largest absolute Gasteiger partial charge is 0.495 e. The standard InChI is InChI=1S/C16H25N3O5S/c1-23-10-7-17-12-16(20)18-13-5-6-15(14(11-13)24-2)25(21,22)19-8-3-4-9-19/h5-6,11,17H,3-4,7-10,12H2,1-2H3,(H,18,20). The number of sulfonamides is 1. The van der Waals surface area contributed by atoms with Crippen molar-refractivity contribution in [2.75, 3.05) is 52.3 Å². The van der Waals surface area contributed by atoms with Gasteiger partial charge in [0.25, 0.3) is 0 Å². The van der Waals surface area contributed by atoms with Gasteiger partial charge in [0.1, 0.15) is 10.6 Å². The molecule has 0 radical (unpaired) electrons. The van der Waals surface area contributed by atoms with Crippen LogP contribution in [0.3, 0.4) is 0 Å². The maximum Gasteiger partial charge on any atom is 0.246 e. The van der Waals surface area contributed by atoms with Crippen molar-refractivity contribution in [1.82, 2.24) is 9.62 Å². The maximum atomic E-state index is 12.7. The van der Waals surface area contributed by atoms with Gasteiger partial charge in [-0.15, -0.1) is 0 Å². The van der Waals surface area contributed by atoms with Gasteiger partial charge in [-0.3, -0.25) is 4.79 Å². The van der Waals surface area contributed by atoms with Crippen molar-refractivity contribution in [3.8, 4) is 5.75 Å². The second-order valence-corrected chi connectivity index (χ2v) is 7.60. The molecule has 2 N–H and O–H groups in total. The van der Waals surface area contributed by atoms with Crippen LogP contribution in [0, 0.1) is 0 Å². The Kier molecular flexibility index (Phi) is 7.18. The minimum atomic E-state index is -3.58. The van der Waals surface area contributed by atoms with E-state index in [1.165, 1.54) is 23.5 Å². The van der Waals surface area contributed by atoms with E-state index in [4.69, 9.17) is 9.47 Å². The van der Waals surface area contributed by atoms with Crippen molar-refractivity contribution in [2.45, 2.75) is 17.7 Å². The fourth-order valence-electron chi connectivity index (χ4n) is 2.61. The zero-order valence-electron chi connectivity index (χ0n) is 14.6. The van der Waals surface area contributed by atoms with E-state index in [1.807, 2.05) is 0 Å². The van der Waals surface area contributed by atoms with Gasteiger partial charge in [0, 0.05) is 38.5 Å². The first-order valence-electron chi connectivity index (χ1n) is 8.16. The summed E-state index contributed by atoms with van der Waals surface area (Å²) in [5.74, 6) is -0.00894. The van der Waals surface area contributed by atoms with Crippen molar-refractivity contribution in [1.29, 1.82) is 0 Å². The minimum Gasteiger partial charge on any atom is -0.495 e. The molecule has 0 bridgehead atoms. The third kappa shape index (κ3) is 5.15. The van der Waals surface area contributed by atoms with Gasteiger partial charge in [0.05, 0.1) is 20.3 Å². The third-order valence-electron chi connectivity index (χ3n) is 3.90. The Hall–Kier alpha value is -1.68. The zero-order chi connectivity index (χ0) is 18.3. The molecule has 0 spiro atoms. The molecule has 1 aromatic rings. The number of nitrogens with one attached hydrogen (secondary N) is 2. The normalized spacial score (nSPS) is 15.3. The van der Waals surface area contributed by atoms with Gasteiger partial charge < -0.3 is 20.1 Å². The maximum absolute atomic E-state index is 12.7. The predicted octanol–water partition coefficient (Wildman–Crippen LogP) is 0.654. The van der Waals surface area contributed by atoms with Crippen molar-refractivity contribution in [2.24, 2.45) is 0 Å². The molecule has 1 aromatic carbocycles. The van der Waals surface area contributed by atoms with Gasteiger partial charge in [-0.25, -0.2) is 8.42 Å². The Bertz CT molecular complexity index is 687. The number of carbonyl (C=O) groups is 1. The summed E-state index contributed by atoms with van der Waals surface area (Å²) in [6, 6.07) is 4.56. The number of anilines is 1. The van der Waals surface area contributed by atoms with Gasteiger partial charge in [0.2, 0.25) is 15.9 Å². The van der Waals surface area contributed by atoms with Gasteiger partial charge in [-0.2, -0.15) is 4.31 Å². The monoisotopic (exact) mass is 371 g/mol. The Morgan fingerprint density at radius 1 is 1.24 bits per heavy atom. The molecular weight excluding hydrogens is 346 g/mol. The van der Waals surface area contributed by atoms with Crippen LogP contribution in [0.2, 0.25) is 0 Å². The second-order valence-electron chi connectivity index (χ2n) is 5.69. The van der Waals surface area contributed by atoms with Gasteiger partial charge in [0.15, 0.2) is 0 Å². The van der Waals surface area contributed by atoms with E-state index in [-0.39, 0.29) is 23.1 Å². The van der Waals surface area contributed by atoms with Crippen molar-refractivity contribution in [3.05, 3.63) is 18.2 Å². The molecule has 1 amide bonds. The molecule has 1 fully saturated rings. The lowest BCUT2D eigenvalue weighted by Gasteiger charge is -2.18. The first-order chi connectivity index (χ1) is 12.0. The van der Waals surface area contributed by atoms with Crippen LogP contribution in [0.4, 0.5) is 5.69 Å². The molecule has 0 aliphatic carbocycles. The van der Waals surface area contributed by atoms with Crippen LogP contribution >= 0.6 is 0 Å².